The van der Waals surface area contributed by atoms with E-state index in [1.54, 1.807) is 0 Å². The Hall–Kier alpha value is -3.27. The fourth-order valence-electron chi connectivity index (χ4n) is 2.55. The number of carbonyl (C=O) groups excluding carboxylic acids is 1. The lowest BCUT2D eigenvalue weighted by molar-refractivity contribution is 0.262. The predicted molar refractivity (Wildman–Crippen MR) is 106 cm³/mol. The van der Waals surface area contributed by atoms with Crippen LogP contribution in [0.15, 0.2) is 72.8 Å². The number of amides is 2. The molecule has 0 bridgehead atoms. The van der Waals surface area contributed by atoms with Crippen LogP contribution < -0.4 is 15.4 Å². The number of ether oxygens (including phenoxy) is 1. The molecule has 0 heterocycles. The predicted octanol–water partition coefficient (Wildman–Crippen LogP) is 5.53. The second kappa shape index (κ2) is 8.21. The normalized spacial score (nSPS) is 10.2. The smallest absolute Gasteiger partial charge is 0.323 e. The topological polar surface area (TPSA) is 50.4 Å². The summed E-state index contributed by atoms with van der Waals surface area (Å²) >= 11 is 0. The van der Waals surface area contributed by atoms with E-state index in [0.717, 1.165) is 28.1 Å². The zero-order valence-electron chi connectivity index (χ0n) is 15.0. The van der Waals surface area contributed by atoms with Crippen LogP contribution >= 0.6 is 0 Å². The van der Waals surface area contributed by atoms with E-state index in [-0.39, 0.29) is 6.03 Å². The highest BCUT2D eigenvalue weighted by Gasteiger charge is 2.06. The summed E-state index contributed by atoms with van der Waals surface area (Å²) in [5.41, 5.74) is 4.84. The molecule has 0 saturated heterocycles. The van der Waals surface area contributed by atoms with Gasteiger partial charge in [-0.15, -0.1) is 0 Å². The zero-order valence-corrected chi connectivity index (χ0v) is 15.0. The van der Waals surface area contributed by atoms with Crippen molar-refractivity contribution in [1.29, 1.82) is 0 Å². The quantitative estimate of drug-likeness (QED) is 0.638. The molecular weight excluding hydrogens is 324 g/mol. The summed E-state index contributed by atoms with van der Waals surface area (Å²) in [6.45, 7) is 4.52. The van der Waals surface area contributed by atoms with E-state index >= 15 is 0 Å². The Labute approximate surface area is 153 Å². The van der Waals surface area contributed by atoms with Crippen molar-refractivity contribution in [2.45, 2.75) is 20.5 Å². The van der Waals surface area contributed by atoms with E-state index in [1.807, 2.05) is 86.6 Å². The minimum Gasteiger partial charge on any atom is -0.489 e. The Morgan fingerprint density at radius 3 is 2.31 bits per heavy atom. The molecule has 4 nitrogen and oxygen atoms in total. The van der Waals surface area contributed by atoms with Gasteiger partial charge in [-0.25, -0.2) is 4.79 Å². The van der Waals surface area contributed by atoms with Crippen molar-refractivity contribution in [1.82, 2.24) is 0 Å². The summed E-state index contributed by atoms with van der Waals surface area (Å²) in [4.78, 5) is 12.2. The van der Waals surface area contributed by atoms with Crippen LogP contribution in [0, 0.1) is 13.8 Å². The number of urea groups is 1. The Morgan fingerprint density at radius 2 is 1.58 bits per heavy atom. The Morgan fingerprint density at radius 1 is 0.846 bits per heavy atom. The second-order valence-electron chi connectivity index (χ2n) is 6.13. The monoisotopic (exact) mass is 346 g/mol. The highest BCUT2D eigenvalue weighted by molar-refractivity contribution is 6.00. The number of aryl methyl sites for hydroxylation is 1. The fourth-order valence-corrected chi connectivity index (χ4v) is 2.55. The molecule has 2 N–H and O–H groups in total. The van der Waals surface area contributed by atoms with Gasteiger partial charge in [-0.2, -0.15) is 0 Å². The van der Waals surface area contributed by atoms with Crippen molar-refractivity contribution in [3.05, 3.63) is 89.5 Å². The molecule has 2 amide bonds. The molecule has 0 aromatic heterocycles. The van der Waals surface area contributed by atoms with Crippen LogP contribution in [0.1, 0.15) is 16.7 Å². The fraction of sp³-hybridized carbons (Fsp3) is 0.136. The van der Waals surface area contributed by atoms with Gasteiger partial charge < -0.3 is 15.4 Å². The first-order valence-corrected chi connectivity index (χ1v) is 8.53. The molecule has 0 fully saturated rings. The van der Waals surface area contributed by atoms with Crippen LogP contribution in [0.5, 0.6) is 5.75 Å². The molecule has 0 aliphatic heterocycles. The van der Waals surface area contributed by atoms with Gasteiger partial charge in [-0.3, -0.25) is 0 Å². The van der Waals surface area contributed by atoms with Crippen LogP contribution in [0.25, 0.3) is 0 Å². The molecule has 0 spiro atoms. The summed E-state index contributed by atoms with van der Waals surface area (Å²) in [6.07, 6.45) is 0. The Kier molecular flexibility index (Phi) is 5.54. The van der Waals surface area contributed by atoms with E-state index in [9.17, 15) is 4.79 Å². The van der Waals surface area contributed by atoms with E-state index < -0.39 is 0 Å². The third-order valence-electron chi connectivity index (χ3n) is 4.21. The molecule has 0 saturated carbocycles. The van der Waals surface area contributed by atoms with Gasteiger partial charge in [0, 0.05) is 11.4 Å². The van der Waals surface area contributed by atoms with Crippen molar-refractivity contribution in [2.24, 2.45) is 0 Å². The minimum absolute atomic E-state index is 0.267. The van der Waals surface area contributed by atoms with Crippen LogP contribution in [0.3, 0.4) is 0 Å². The number of rotatable bonds is 5. The van der Waals surface area contributed by atoms with Gasteiger partial charge in [0.05, 0.1) is 0 Å². The van der Waals surface area contributed by atoms with Crippen molar-refractivity contribution < 1.29 is 9.53 Å². The highest BCUT2D eigenvalue weighted by Crippen LogP contribution is 2.20. The van der Waals surface area contributed by atoms with Gasteiger partial charge in [0.15, 0.2) is 0 Å². The molecule has 0 aliphatic rings. The molecule has 26 heavy (non-hydrogen) atoms. The summed E-state index contributed by atoms with van der Waals surface area (Å²) in [7, 11) is 0. The number of anilines is 2. The molecule has 0 radical (unpaired) electrons. The van der Waals surface area contributed by atoms with Gasteiger partial charge in [0.1, 0.15) is 12.4 Å². The van der Waals surface area contributed by atoms with Crippen LogP contribution in [0.4, 0.5) is 16.2 Å². The van der Waals surface area contributed by atoms with Crippen LogP contribution in [-0.4, -0.2) is 6.03 Å². The maximum absolute atomic E-state index is 12.2. The summed E-state index contributed by atoms with van der Waals surface area (Å²) in [5, 5.41) is 5.71. The van der Waals surface area contributed by atoms with Gasteiger partial charge >= 0.3 is 6.03 Å². The van der Waals surface area contributed by atoms with E-state index in [4.69, 9.17) is 4.74 Å². The van der Waals surface area contributed by atoms with Crippen molar-refractivity contribution in [3.8, 4) is 5.75 Å². The van der Waals surface area contributed by atoms with Gasteiger partial charge in [0.2, 0.25) is 0 Å². The number of carbonyl (C=O) groups is 1. The van der Waals surface area contributed by atoms with Crippen LogP contribution in [-0.2, 0) is 6.61 Å². The second-order valence-corrected chi connectivity index (χ2v) is 6.13. The lowest BCUT2D eigenvalue weighted by Gasteiger charge is -2.12. The van der Waals surface area contributed by atoms with E-state index in [1.165, 1.54) is 0 Å². The lowest BCUT2D eigenvalue weighted by Crippen LogP contribution is -2.20. The summed E-state index contributed by atoms with van der Waals surface area (Å²) in [6, 6.07) is 22.9. The van der Waals surface area contributed by atoms with Gasteiger partial charge in [-0.1, -0.05) is 42.5 Å². The molecule has 132 valence electrons. The average Bonchev–Trinajstić information content (AvgIpc) is 2.66. The Bertz CT molecular complexity index is 874. The third-order valence-corrected chi connectivity index (χ3v) is 4.21. The number of hydrogen-bond donors (Lipinski definition) is 2. The molecule has 3 aromatic rings. The number of nitrogens with one attached hydrogen (secondary N) is 2. The molecule has 3 aromatic carbocycles. The molecule has 0 unspecified atom stereocenters. The average molecular weight is 346 g/mol. The minimum atomic E-state index is -0.267. The number of benzene rings is 3. The molecular formula is C22H22N2O2. The molecule has 0 atom stereocenters. The standard InChI is InChI=1S/C22H22N2O2/c1-16-7-6-10-21(17(16)2)24-22(25)23-19-11-13-20(14-12-19)26-15-18-8-4-3-5-9-18/h3-14H,15H2,1-2H3,(H2,23,24,25). The lowest BCUT2D eigenvalue weighted by atomic mass is 10.1. The largest absolute Gasteiger partial charge is 0.489 e. The first-order valence-electron chi connectivity index (χ1n) is 8.53. The van der Waals surface area contributed by atoms with Crippen molar-refractivity contribution in [3.63, 3.8) is 0 Å². The van der Waals surface area contributed by atoms with Gasteiger partial charge in [0.25, 0.3) is 0 Å². The third kappa shape index (κ3) is 4.63. The summed E-state index contributed by atoms with van der Waals surface area (Å²) in [5.74, 6) is 0.759. The Balaban J connectivity index is 1.55. The SMILES string of the molecule is Cc1cccc(NC(=O)Nc2ccc(OCc3ccccc3)cc2)c1C. The van der Waals surface area contributed by atoms with Crippen molar-refractivity contribution in [2.75, 3.05) is 10.6 Å². The van der Waals surface area contributed by atoms with E-state index in [0.29, 0.717) is 12.3 Å². The molecule has 4 heteroatoms. The van der Waals surface area contributed by atoms with E-state index in [2.05, 4.69) is 10.6 Å². The number of hydrogen-bond acceptors (Lipinski definition) is 2. The van der Waals surface area contributed by atoms with Gasteiger partial charge in [-0.05, 0) is 60.9 Å². The maximum Gasteiger partial charge on any atom is 0.323 e. The molecule has 0 aliphatic carbocycles. The summed E-state index contributed by atoms with van der Waals surface area (Å²) < 4.78 is 5.75. The molecule has 3 rings (SSSR count). The zero-order chi connectivity index (χ0) is 18.4. The van der Waals surface area contributed by atoms with Crippen LogP contribution in [0.2, 0.25) is 0 Å². The van der Waals surface area contributed by atoms with Crippen molar-refractivity contribution >= 4 is 17.4 Å². The first-order chi connectivity index (χ1) is 12.6. The maximum atomic E-state index is 12.2. The highest BCUT2D eigenvalue weighted by atomic mass is 16.5. The first kappa shape index (κ1) is 17.5.